The number of nitrogens with one attached hydrogen (secondary N) is 1. The van der Waals surface area contributed by atoms with Gasteiger partial charge in [0.25, 0.3) is 0 Å². The maximum Gasteiger partial charge on any atom is 0.190 e. The molecule has 2 rings (SSSR count). The van der Waals surface area contributed by atoms with E-state index in [1.54, 1.807) is 6.07 Å². The number of hydrogen-bond acceptors (Lipinski definition) is 2. The zero-order chi connectivity index (χ0) is 10.3. The minimum atomic E-state index is -3.13. The van der Waals surface area contributed by atoms with Crippen molar-refractivity contribution in [3.8, 4) is 0 Å². The standard InChI is InChI=1S/C10H11NO2S/c1-7-3-4-9-8(5-7)6-10(11-9)14(2,12)13/h3-6,11H,1-2H3. The van der Waals surface area contributed by atoms with Crippen LogP contribution in [0.2, 0.25) is 0 Å². The van der Waals surface area contributed by atoms with E-state index in [2.05, 4.69) is 4.98 Å². The smallest absolute Gasteiger partial charge is 0.190 e. The Labute approximate surface area is 82.7 Å². The van der Waals surface area contributed by atoms with Crippen molar-refractivity contribution in [3.63, 3.8) is 0 Å². The summed E-state index contributed by atoms with van der Waals surface area (Å²) >= 11 is 0. The number of rotatable bonds is 1. The van der Waals surface area contributed by atoms with Gasteiger partial charge in [-0.1, -0.05) is 11.6 Å². The molecule has 0 aliphatic carbocycles. The SMILES string of the molecule is Cc1ccc2[nH]c(S(C)(=O)=O)cc2c1. The highest BCUT2D eigenvalue weighted by molar-refractivity contribution is 7.90. The van der Waals surface area contributed by atoms with Crippen LogP contribution in [0.15, 0.2) is 29.3 Å². The van der Waals surface area contributed by atoms with E-state index < -0.39 is 9.84 Å². The monoisotopic (exact) mass is 209 g/mol. The Kier molecular flexibility index (Phi) is 1.89. The Bertz CT molecular complexity index is 581. The van der Waals surface area contributed by atoms with Crippen LogP contribution in [0.1, 0.15) is 5.56 Å². The largest absolute Gasteiger partial charge is 0.346 e. The summed E-state index contributed by atoms with van der Waals surface area (Å²) in [5.41, 5.74) is 1.98. The van der Waals surface area contributed by atoms with Gasteiger partial charge in [0.05, 0.1) is 0 Å². The Morgan fingerprint density at radius 2 is 1.93 bits per heavy atom. The quantitative estimate of drug-likeness (QED) is 0.779. The highest BCUT2D eigenvalue weighted by Crippen LogP contribution is 2.19. The van der Waals surface area contributed by atoms with Crippen LogP contribution >= 0.6 is 0 Å². The zero-order valence-corrected chi connectivity index (χ0v) is 8.85. The first kappa shape index (κ1) is 9.27. The zero-order valence-electron chi connectivity index (χ0n) is 8.03. The maximum atomic E-state index is 11.3. The lowest BCUT2D eigenvalue weighted by Gasteiger charge is -1.90. The van der Waals surface area contributed by atoms with Crippen molar-refractivity contribution in [2.75, 3.05) is 6.26 Å². The average molecular weight is 209 g/mol. The molecule has 0 atom stereocenters. The molecule has 1 aromatic carbocycles. The fourth-order valence-corrected chi connectivity index (χ4v) is 2.06. The van der Waals surface area contributed by atoms with Crippen LogP contribution < -0.4 is 0 Å². The van der Waals surface area contributed by atoms with Crippen LogP contribution in [-0.4, -0.2) is 19.7 Å². The molecule has 3 nitrogen and oxygen atoms in total. The molecular formula is C10H11NO2S. The Hall–Kier alpha value is -1.29. The predicted octanol–water partition coefficient (Wildman–Crippen LogP) is 1.88. The Balaban J connectivity index is 2.75. The lowest BCUT2D eigenvalue weighted by Crippen LogP contribution is -1.96. The highest BCUT2D eigenvalue weighted by Gasteiger charge is 2.10. The fraction of sp³-hybridized carbons (Fsp3) is 0.200. The molecule has 0 aliphatic rings. The number of aryl methyl sites for hydroxylation is 1. The number of H-pyrrole nitrogens is 1. The lowest BCUT2D eigenvalue weighted by atomic mass is 10.2. The average Bonchev–Trinajstić information content (AvgIpc) is 2.45. The molecule has 4 heteroatoms. The molecule has 0 unspecified atom stereocenters. The van der Waals surface area contributed by atoms with Crippen molar-refractivity contribution in [2.45, 2.75) is 11.9 Å². The number of sulfone groups is 1. The Morgan fingerprint density at radius 3 is 2.57 bits per heavy atom. The third-order valence-electron chi connectivity index (χ3n) is 2.15. The van der Waals surface area contributed by atoms with Gasteiger partial charge in [0, 0.05) is 17.2 Å². The second-order valence-corrected chi connectivity index (χ2v) is 5.48. The molecule has 74 valence electrons. The van der Waals surface area contributed by atoms with Gasteiger partial charge >= 0.3 is 0 Å². The molecule has 1 aromatic heterocycles. The van der Waals surface area contributed by atoms with Crippen LogP contribution in [0.4, 0.5) is 0 Å². The van der Waals surface area contributed by atoms with Crippen molar-refractivity contribution in [1.29, 1.82) is 0 Å². The van der Waals surface area contributed by atoms with E-state index in [1.807, 2.05) is 25.1 Å². The van der Waals surface area contributed by atoms with Gasteiger partial charge in [-0.05, 0) is 25.1 Å². The van der Waals surface area contributed by atoms with E-state index in [0.29, 0.717) is 0 Å². The Morgan fingerprint density at radius 1 is 1.21 bits per heavy atom. The molecule has 0 fully saturated rings. The van der Waals surface area contributed by atoms with Gasteiger partial charge < -0.3 is 4.98 Å². The third kappa shape index (κ3) is 1.53. The minimum Gasteiger partial charge on any atom is -0.346 e. The van der Waals surface area contributed by atoms with Crippen molar-refractivity contribution in [1.82, 2.24) is 4.98 Å². The summed E-state index contributed by atoms with van der Waals surface area (Å²) in [7, 11) is -3.13. The molecule has 0 aliphatic heterocycles. The van der Waals surface area contributed by atoms with Crippen LogP contribution in [0, 0.1) is 6.92 Å². The number of aromatic nitrogens is 1. The maximum absolute atomic E-state index is 11.3. The molecule has 0 bridgehead atoms. The first-order valence-corrected chi connectivity index (χ1v) is 6.15. The van der Waals surface area contributed by atoms with E-state index in [9.17, 15) is 8.42 Å². The van der Waals surface area contributed by atoms with E-state index in [0.717, 1.165) is 16.5 Å². The fourth-order valence-electron chi connectivity index (χ4n) is 1.43. The number of aromatic amines is 1. The molecule has 0 radical (unpaired) electrons. The van der Waals surface area contributed by atoms with Crippen LogP contribution in [-0.2, 0) is 9.84 Å². The summed E-state index contributed by atoms with van der Waals surface area (Å²) in [5, 5.41) is 1.21. The van der Waals surface area contributed by atoms with Crippen LogP contribution in [0.3, 0.4) is 0 Å². The molecule has 0 spiro atoms. The van der Waals surface area contributed by atoms with Gasteiger partial charge in [-0.3, -0.25) is 0 Å². The number of fused-ring (bicyclic) bond motifs is 1. The van der Waals surface area contributed by atoms with E-state index in [4.69, 9.17) is 0 Å². The lowest BCUT2D eigenvalue weighted by molar-refractivity contribution is 0.599. The summed E-state index contributed by atoms with van der Waals surface area (Å²) in [5.74, 6) is 0. The molecule has 2 aromatic rings. The van der Waals surface area contributed by atoms with Crippen molar-refractivity contribution in [2.24, 2.45) is 0 Å². The third-order valence-corrected chi connectivity index (χ3v) is 3.17. The number of hydrogen-bond donors (Lipinski definition) is 1. The molecule has 0 amide bonds. The molecule has 0 saturated heterocycles. The molecule has 0 saturated carbocycles. The second-order valence-electron chi connectivity index (χ2n) is 3.50. The van der Waals surface area contributed by atoms with E-state index in [-0.39, 0.29) is 5.03 Å². The minimum absolute atomic E-state index is 0.276. The van der Waals surface area contributed by atoms with Gasteiger partial charge in [-0.25, -0.2) is 8.42 Å². The first-order valence-electron chi connectivity index (χ1n) is 4.26. The predicted molar refractivity (Wildman–Crippen MR) is 56.1 cm³/mol. The summed E-state index contributed by atoms with van der Waals surface area (Å²) < 4.78 is 22.5. The topological polar surface area (TPSA) is 49.9 Å². The molecule has 1 heterocycles. The summed E-state index contributed by atoms with van der Waals surface area (Å²) in [6, 6.07) is 7.46. The van der Waals surface area contributed by atoms with Crippen molar-refractivity contribution >= 4 is 20.7 Å². The van der Waals surface area contributed by atoms with Gasteiger partial charge in [0.2, 0.25) is 0 Å². The van der Waals surface area contributed by atoms with Gasteiger partial charge in [-0.2, -0.15) is 0 Å². The van der Waals surface area contributed by atoms with E-state index >= 15 is 0 Å². The summed E-state index contributed by atoms with van der Waals surface area (Å²) in [6.07, 6.45) is 1.20. The van der Waals surface area contributed by atoms with Crippen molar-refractivity contribution in [3.05, 3.63) is 29.8 Å². The van der Waals surface area contributed by atoms with Crippen LogP contribution in [0.5, 0.6) is 0 Å². The molecular weight excluding hydrogens is 198 g/mol. The van der Waals surface area contributed by atoms with Crippen molar-refractivity contribution < 1.29 is 8.42 Å². The van der Waals surface area contributed by atoms with E-state index in [1.165, 1.54) is 6.26 Å². The molecule has 1 N–H and O–H groups in total. The normalized spacial score (nSPS) is 12.1. The van der Waals surface area contributed by atoms with Gasteiger partial charge in [-0.15, -0.1) is 0 Å². The summed E-state index contributed by atoms with van der Waals surface area (Å²) in [4.78, 5) is 2.87. The molecule has 14 heavy (non-hydrogen) atoms. The van der Waals surface area contributed by atoms with Gasteiger partial charge in [0.1, 0.15) is 5.03 Å². The summed E-state index contributed by atoms with van der Waals surface area (Å²) in [6.45, 7) is 1.98. The van der Waals surface area contributed by atoms with Gasteiger partial charge in [0.15, 0.2) is 9.84 Å². The second kappa shape index (κ2) is 2.85. The highest BCUT2D eigenvalue weighted by atomic mass is 32.2. The number of benzene rings is 1. The first-order chi connectivity index (χ1) is 6.47. The van der Waals surface area contributed by atoms with Crippen LogP contribution in [0.25, 0.3) is 10.9 Å².